The second kappa shape index (κ2) is 8.63. The second-order valence-electron chi connectivity index (χ2n) is 7.03. The summed E-state index contributed by atoms with van der Waals surface area (Å²) in [5, 5.41) is 3.96. The van der Waals surface area contributed by atoms with E-state index in [0.717, 1.165) is 38.3 Å². The first-order valence-electron chi connectivity index (χ1n) is 9.41. The van der Waals surface area contributed by atoms with Crippen molar-refractivity contribution in [1.29, 1.82) is 0 Å². The third-order valence-corrected chi connectivity index (χ3v) is 5.32. The van der Waals surface area contributed by atoms with Crippen LogP contribution in [-0.2, 0) is 6.54 Å². The van der Waals surface area contributed by atoms with Crippen LogP contribution < -0.4 is 0 Å². The normalized spacial score (nSPS) is 17.0. The summed E-state index contributed by atoms with van der Waals surface area (Å²) in [6.45, 7) is 9.89. The molecule has 0 N–H and O–H groups in total. The van der Waals surface area contributed by atoms with Crippen molar-refractivity contribution in [2.75, 3.05) is 39.8 Å². The minimum Gasteiger partial charge on any atom is -0.359 e. The molecule has 0 radical (unpaired) electrons. The van der Waals surface area contributed by atoms with E-state index in [2.05, 4.69) is 21.9 Å². The third kappa shape index (κ3) is 4.73. The van der Waals surface area contributed by atoms with Gasteiger partial charge in [-0.05, 0) is 31.2 Å². The third-order valence-electron chi connectivity index (χ3n) is 5.32. The Morgan fingerprint density at radius 2 is 1.85 bits per heavy atom. The van der Waals surface area contributed by atoms with Crippen LogP contribution in [0, 0.1) is 5.82 Å². The zero-order chi connectivity index (χ0) is 19.4. The van der Waals surface area contributed by atoms with Gasteiger partial charge in [0.15, 0.2) is 11.5 Å². The van der Waals surface area contributed by atoms with Gasteiger partial charge in [-0.3, -0.25) is 9.69 Å². The Balaban J connectivity index is 1.59. The first kappa shape index (κ1) is 19.5. The molecule has 7 heteroatoms. The Hall–Kier alpha value is -2.25. The van der Waals surface area contributed by atoms with E-state index in [4.69, 9.17) is 4.52 Å². The molecule has 1 aliphatic heterocycles. The zero-order valence-corrected chi connectivity index (χ0v) is 16.2. The molecular weight excluding hydrogens is 347 g/mol. The zero-order valence-electron chi connectivity index (χ0n) is 16.2. The Bertz CT molecular complexity index is 754. The van der Waals surface area contributed by atoms with Gasteiger partial charge in [0.25, 0.3) is 5.91 Å². The summed E-state index contributed by atoms with van der Waals surface area (Å²) in [6.07, 6.45) is 0. The second-order valence-corrected chi connectivity index (χ2v) is 7.03. The molecule has 146 valence electrons. The van der Waals surface area contributed by atoms with E-state index in [0.29, 0.717) is 18.0 Å². The number of carbonyl (C=O) groups is 1. The molecule has 0 aliphatic carbocycles. The van der Waals surface area contributed by atoms with E-state index in [9.17, 15) is 9.18 Å². The van der Waals surface area contributed by atoms with Crippen LogP contribution >= 0.6 is 0 Å². The summed E-state index contributed by atoms with van der Waals surface area (Å²) in [5.74, 6) is 0.199. The molecule has 0 saturated carbocycles. The van der Waals surface area contributed by atoms with Gasteiger partial charge in [-0.1, -0.05) is 24.2 Å². The lowest BCUT2D eigenvalue weighted by atomic mass is 10.1. The van der Waals surface area contributed by atoms with E-state index in [1.807, 2.05) is 6.92 Å². The predicted molar refractivity (Wildman–Crippen MR) is 101 cm³/mol. The molecule has 0 bridgehead atoms. The molecule has 0 unspecified atom stereocenters. The van der Waals surface area contributed by atoms with E-state index in [1.54, 1.807) is 30.1 Å². The van der Waals surface area contributed by atoms with Crippen LogP contribution in [0.2, 0.25) is 0 Å². The van der Waals surface area contributed by atoms with Crippen molar-refractivity contribution in [3.05, 3.63) is 53.2 Å². The van der Waals surface area contributed by atoms with Crippen LogP contribution in [-0.4, -0.2) is 65.5 Å². The minimum absolute atomic E-state index is 0.194. The molecule has 0 spiro atoms. The molecule has 1 atom stereocenters. The van der Waals surface area contributed by atoms with Gasteiger partial charge in [0, 0.05) is 39.3 Å². The summed E-state index contributed by atoms with van der Waals surface area (Å²) in [6, 6.07) is 7.71. The number of halogens is 1. The monoisotopic (exact) mass is 374 g/mol. The van der Waals surface area contributed by atoms with Crippen molar-refractivity contribution in [2.45, 2.75) is 26.4 Å². The van der Waals surface area contributed by atoms with Crippen LogP contribution in [0.25, 0.3) is 0 Å². The molecule has 1 aromatic carbocycles. The maximum Gasteiger partial charge on any atom is 0.276 e. The number of hydrogen-bond donors (Lipinski definition) is 0. The minimum atomic E-state index is -0.291. The van der Waals surface area contributed by atoms with Gasteiger partial charge in [0.1, 0.15) is 5.82 Å². The van der Waals surface area contributed by atoms with Gasteiger partial charge >= 0.3 is 0 Å². The Kier molecular flexibility index (Phi) is 6.23. The number of amides is 1. The standard InChI is InChI=1S/C20H27FN4O2/c1-4-24-9-11-25(12-10-24)14-18-13-19(22-27-18)20(26)23(3)15(2)16-5-7-17(21)8-6-16/h5-8,13,15H,4,9-12,14H2,1-3H3/t15-/m0/s1. The van der Waals surface area contributed by atoms with Crippen molar-refractivity contribution >= 4 is 5.91 Å². The van der Waals surface area contributed by atoms with Crippen molar-refractivity contribution in [3.8, 4) is 0 Å². The highest BCUT2D eigenvalue weighted by atomic mass is 19.1. The highest BCUT2D eigenvalue weighted by Crippen LogP contribution is 2.21. The largest absolute Gasteiger partial charge is 0.359 e. The number of likely N-dealkylation sites (N-methyl/N-ethyl adjacent to an activating group) is 1. The first-order valence-corrected chi connectivity index (χ1v) is 9.41. The fourth-order valence-electron chi connectivity index (χ4n) is 3.29. The lowest BCUT2D eigenvalue weighted by Crippen LogP contribution is -2.45. The molecule has 6 nitrogen and oxygen atoms in total. The quantitative estimate of drug-likeness (QED) is 0.778. The number of carbonyl (C=O) groups excluding carboxylic acids is 1. The van der Waals surface area contributed by atoms with Crippen LogP contribution in [0.5, 0.6) is 0 Å². The van der Waals surface area contributed by atoms with Gasteiger partial charge in [-0.15, -0.1) is 0 Å². The van der Waals surface area contributed by atoms with Gasteiger partial charge in [0.05, 0.1) is 12.6 Å². The maximum atomic E-state index is 13.1. The lowest BCUT2D eigenvalue weighted by molar-refractivity contribution is 0.0731. The van der Waals surface area contributed by atoms with Gasteiger partial charge in [0.2, 0.25) is 0 Å². The average Bonchev–Trinajstić information content (AvgIpc) is 3.16. The summed E-state index contributed by atoms with van der Waals surface area (Å²) >= 11 is 0. The predicted octanol–water partition coefficient (Wildman–Crippen LogP) is 2.78. The van der Waals surface area contributed by atoms with E-state index in [1.165, 1.54) is 12.1 Å². The molecule has 3 rings (SSSR count). The Morgan fingerprint density at radius 3 is 2.48 bits per heavy atom. The van der Waals surface area contributed by atoms with E-state index >= 15 is 0 Å². The van der Waals surface area contributed by atoms with Gasteiger partial charge in [-0.2, -0.15) is 0 Å². The fraction of sp³-hybridized carbons (Fsp3) is 0.500. The van der Waals surface area contributed by atoms with Crippen LogP contribution in [0.15, 0.2) is 34.9 Å². The van der Waals surface area contributed by atoms with Crippen LogP contribution in [0.3, 0.4) is 0 Å². The van der Waals surface area contributed by atoms with Crippen LogP contribution in [0.4, 0.5) is 4.39 Å². The summed E-state index contributed by atoms with van der Waals surface area (Å²) in [4.78, 5) is 19.0. The number of hydrogen-bond acceptors (Lipinski definition) is 5. The first-order chi connectivity index (χ1) is 13.0. The van der Waals surface area contributed by atoms with Crippen molar-refractivity contribution in [3.63, 3.8) is 0 Å². The summed E-state index contributed by atoms with van der Waals surface area (Å²) in [5.41, 5.74) is 1.17. The molecular formula is C20H27FN4O2. The maximum absolute atomic E-state index is 13.1. The number of benzene rings is 1. The number of rotatable bonds is 6. The molecule has 1 amide bonds. The number of nitrogens with zero attached hydrogens (tertiary/aromatic N) is 4. The smallest absolute Gasteiger partial charge is 0.276 e. The van der Waals surface area contributed by atoms with Crippen LogP contribution in [0.1, 0.15) is 41.7 Å². The topological polar surface area (TPSA) is 52.8 Å². The number of aromatic nitrogens is 1. The summed E-state index contributed by atoms with van der Waals surface area (Å²) < 4.78 is 18.5. The molecule has 2 heterocycles. The van der Waals surface area contributed by atoms with Crippen molar-refractivity contribution < 1.29 is 13.7 Å². The van der Waals surface area contributed by atoms with Gasteiger partial charge in [-0.25, -0.2) is 4.39 Å². The molecule has 1 fully saturated rings. The van der Waals surface area contributed by atoms with Crippen molar-refractivity contribution in [2.24, 2.45) is 0 Å². The van der Waals surface area contributed by atoms with E-state index < -0.39 is 0 Å². The van der Waals surface area contributed by atoms with Crippen molar-refractivity contribution in [1.82, 2.24) is 19.9 Å². The Labute approximate surface area is 159 Å². The Morgan fingerprint density at radius 1 is 1.22 bits per heavy atom. The highest BCUT2D eigenvalue weighted by molar-refractivity contribution is 5.92. The fourth-order valence-corrected chi connectivity index (χ4v) is 3.29. The SMILES string of the molecule is CCN1CCN(Cc2cc(C(=O)N(C)[C@@H](C)c3ccc(F)cc3)no2)CC1. The summed E-state index contributed by atoms with van der Waals surface area (Å²) in [7, 11) is 1.72. The molecule has 1 aliphatic rings. The molecule has 1 aromatic heterocycles. The van der Waals surface area contributed by atoms with Gasteiger partial charge < -0.3 is 14.3 Å². The molecule has 27 heavy (non-hydrogen) atoms. The molecule has 2 aromatic rings. The van der Waals surface area contributed by atoms with E-state index in [-0.39, 0.29) is 17.8 Å². The molecule has 1 saturated heterocycles. The highest BCUT2D eigenvalue weighted by Gasteiger charge is 2.23. The lowest BCUT2D eigenvalue weighted by Gasteiger charge is -2.33. The average molecular weight is 374 g/mol. The number of piperazine rings is 1.